The van der Waals surface area contributed by atoms with Crippen molar-refractivity contribution >= 4 is 17.7 Å². The number of alkyl halides is 4. The Morgan fingerprint density at radius 3 is 2.16 bits per heavy atom. The van der Waals surface area contributed by atoms with Crippen LogP contribution in [0.15, 0.2) is 53.4 Å². The van der Waals surface area contributed by atoms with Crippen LogP contribution < -0.4 is 4.74 Å². The average molecular weight is 373 g/mol. The number of carbonyl (C=O) groups excluding carboxylic acids is 1. The molecule has 0 fully saturated rings. The van der Waals surface area contributed by atoms with Crippen LogP contribution in [0, 0.1) is 0 Å². The number of rotatable bonds is 7. The molecule has 0 bridgehead atoms. The van der Waals surface area contributed by atoms with E-state index in [1.54, 1.807) is 19.2 Å². The fourth-order valence-electron chi connectivity index (χ4n) is 2.12. The molecular formula is C17H15F4NO2S. The van der Waals surface area contributed by atoms with Gasteiger partial charge in [-0.3, -0.25) is 4.79 Å². The summed E-state index contributed by atoms with van der Waals surface area (Å²) in [4.78, 5) is 14.2. The number of carbonyl (C=O) groups is 1. The van der Waals surface area contributed by atoms with Gasteiger partial charge in [-0.1, -0.05) is 23.9 Å². The second-order valence-corrected chi connectivity index (χ2v) is 6.15. The Hall–Kier alpha value is -2.22. The Morgan fingerprint density at radius 2 is 1.64 bits per heavy atom. The first-order chi connectivity index (χ1) is 11.8. The zero-order valence-corrected chi connectivity index (χ0v) is 14.0. The minimum absolute atomic E-state index is 0.0415. The summed E-state index contributed by atoms with van der Waals surface area (Å²) < 4.78 is 53.0. The molecule has 2 rings (SSSR count). The molecule has 0 heterocycles. The van der Waals surface area contributed by atoms with Crippen molar-refractivity contribution in [2.24, 2.45) is 0 Å². The number of nitrogens with zero attached hydrogens (tertiary/aromatic N) is 1. The molecule has 0 aliphatic heterocycles. The van der Waals surface area contributed by atoms with Crippen molar-refractivity contribution in [1.82, 2.24) is 4.90 Å². The minimum atomic E-state index is -2.89. The van der Waals surface area contributed by atoms with Crippen LogP contribution in [0.25, 0.3) is 0 Å². The highest BCUT2D eigenvalue weighted by Crippen LogP contribution is 2.25. The molecule has 2 aromatic carbocycles. The summed E-state index contributed by atoms with van der Waals surface area (Å²) in [6.45, 7) is -2.62. The average Bonchev–Trinajstić information content (AvgIpc) is 2.55. The number of amides is 1. The van der Waals surface area contributed by atoms with E-state index in [-0.39, 0.29) is 18.2 Å². The maximum absolute atomic E-state index is 12.3. The van der Waals surface area contributed by atoms with E-state index in [1.807, 2.05) is 0 Å². The lowest BCUT2D eigenvalue weighted by Crippen LogP contribution is -2.26. The van der Waals surface area contributed by atoms with E-state index in [0.717, 1.165) is 5.56 Å². The van der Waals surface area contributed by atoms with E-state index in [1.165, 1.54) is 41.3 Å². The van der Waals surface area contributed by atoms with Gasteiger partial charge in [0.2, 0.25) is 0 Å². The van der Waals surface area contributed by atoms with Crippen molar-refractivity contribution in [1.29, 1.82) is 0 Å². The van der Waals surface area contributed by atoms with E-state index in [2.05, 4.69) is 4.74 Å². The molecule has 25 heavy (non-hydrogen) atoms. The molecule has 0 saturated carbocycles. The Labute approximate surface area is 146 Å². The summed E-state index contributed by atoms with van der Waals surface area (Å²) >= 11 is 0.412. The summed E-state index contributed by atoms with van der Waals surface area (Å²) in [6, 6.07) is 11.9. The molecule has 0 N–H and O–H groups in total. The van der Waals surface area contributed by atoms with Crippen molar-refractivity contribution in [3.63, 3.8) is 0 Å². The van der Waals surface area contributed by atoms with Crippen molar-refractivity contribution in [3.05, 3.63) is 59.7 Å². The number of hydrogen-bond acceptors (Lipinski definition) is 3. The Bertz CT molecular complexity index is 693. The molecule has 1 amide bonds. The summed E-state index contributed by atoms with van der Waals surface area (Å²) in [7, 11) is 1.59. The van der Waals surface area contributed by atoms with Crippen LogP contribution in [-0.4, -0.2) is 30.2 Å². The minimum Gasteiger partial charge on any atom is -0.435 e. The third-order valence-electron chi connectivity index (χ3n) is 3.24. The first kappa shape index (κ1) is 19.1. The quantitative estimate of drug-likeness (QED) is 0.512. The van der Waals surface area contributed by atoms with Crippen molar-refractivity contribution < 1.29 is 27.1 Å². The maximum Gasteiger partial charge on any atom is 0.387 e. The van der Waals surface area contributed by atoms with Crippen LogP contribution in [0.4, 0.5) is 17.6 Å². The Morgan fingerprint density at radius 1 is 1.04 bits per heavy atom. The van der Waals surface area contributed by atoms with Crippen LogP contribution in [0.3, 0.4) is 0 Å². The molecule has 2 aromatic rings. The van der Waals surface area contributed by atoms with Crippen molar-refractivity contribution in [3.8, 4) is 5.75 Å². The van der Waals surface area contributed by atoms with Gasteiger partial charge in [-0.2, -0.15) is 17.6 Å². The molecule has 0 aromatic heterocycles. The second kappa shape index (κ2) is 8.75. The first-order valence-electron chi connectivity index (χ1n) is 7.19. The standard InChI is InChI=1S/C17H15F4NO2S/c1-22(10-11-2-6-13(7-3-11)24-16(18)19)15(23)12-4-8-14(9-5-12)25-17(20)21/h2-9,16-17H,10H2,1H3. The predicted octanol–water partition coefficient (Wildman–Crippen LogP) is 4.87. The van der Waals surface area contributed by atoms with E-state index < -0.39 is 12.4 Å². The molecule has 0 atom stereocenters. The molecule has 0 radical (unpaired) electrons. The molecule has 8 heteroatoms. The van der Waals surface area contributed by atoms with Gasteiger partial charge in [0.1, 0.15) is 5.75 Å². The predicted molar refractivity (Wildman–Crippen MR) is 87.2 cm³/mol. The molecule has 0 unspecified atom stereocenters. The molecule has 0 spiro atoms. The van der Waals surface area contributed by atoms with Gasteiger partial charge in [-0.25, -0.2) is 0 Å². The molecular weight excluding hydrogens is 358 g/mol. The van der Waals surface area contributed by atoms with E-state index in [4.69, 9.17) is 0 Å². The molecule has 0 aliphatic carbocycles. The summed E-state index contributed by atoms with van der Waals surface area (Å²) in [5.41, 5.74) is 1.11. The zero-order chi connectivity index (χ0) is 18.4. The van der Waals surface area contributed by atoms with E-state index in [0.29, 0.717) is 22.2 Å². The smallest absolute Gasteiger partial charge is 0.387 e. The van der Waals surface area contributed by atoms with Gasteiger partial charge in [-0.05, 0) is 42.0 Å². The lowest BCUT2D eigenvalue weighted by molar-refractivity contribution is -0.0498. The number of hydrogen-bond donors (Lipinski definition) is 0. The van der Waals surface area contributed by atoms with Gasteiger partial charge in [-0.15, -0.1) is 0 Å². The third-order valence-corrected chi connectivity index (χ3v) is 3.96. The van der Waals surface area contributed by atoms with Crippen LogP contribution >= 0.6 is 11.8 Å². The van der Waals surface area contributed by atoms with Crippen molar-refractivity contribution in [2.45, 2.75) is 23.8 Å². The summed E-state index contributed by atoms with van der Waals surface area (Å²) in [6.07, 6.45) is 0. The molecule has 0 aliphatic rings. The van der Waals surface area contributed by atoms with Gasteiger partial charge < -0.3 is 9.64 Å². The monoisotopic (exact) mass is 373 g/mol. The van der Waals surface area contributed by atoms with E-state index in [9.17, 15) is 22.4 Å². The second-order valence-electron chi connectivity index (χ2n) is 5.09. The van der Waals surface area contributed by atoms with Crippen LogP contribution in [0.1, 0.15) is 15.9 Å². The van der Waals surface area contributed by atoms with Gasteiger partial charge >= 0.3 is 6.61 Å². The molecule has 3 nitrogen and oxygen atoms in total. The SMILES string of the molecule is CN(Cc1ccc(OC(F)F)cc1)C(=O)c1ccc(SC(F)F)cc1. The first-order valence-corrected chi connectivity index (χ1v) is 8.07. The molecule has 0 saturated heterocycles. The lowest BCUT2D eigenvalue weighted by Gasteiger charge is -2.18. The zero-order valence-electron chi connectivity index (χ0n) is 13.2. The largest absolute Gasteiger partial charge is 0.435 e. The topological polar surface area (TPSA) is 29.5 Å². The fraction of sp³-hybridized carbons (Fsp3) is 0.235. The Kier molecular flexibility index (Phi) is 6.69. The normalized spacial score (nSPS) is 11.0. The highest BCUT2D eigenvalue weighted by atomic mass is 32.2. The number of halogens is 4. The highest BCUT2D eigenvalue weighted by molar-refractivity contribution is 7.99. The Balaban J connectivity index is 1.97. The van der Waals surface area contributed by atoms with E-state index >= 15 is 0 Å². The van der Waals surface area contributed by atoms with Gasteiger partial charge in [0, 0.05) is 24.1 Å². The molecule has 134 valence electrons. The highest BCUT2D eigenvalue weighted by Gasteiger charge is 2.13. The van der Waals surface area contributed by atoms with Gasteiger partial charge in [0.25, 0.3) is 11.7 Å². The lowest BCUT2D eigenvalue weighted by atomic mass is 10.1. The van der Waals surface area contributed by atoms with Crippen molar-refractivity contribution in [2.75, 3.05) is 7.05 Å². The number of thioether (sulfide) groups is 1. The van der Waals surface area contributed by atoms with Gasteiger partial charge in [0.05, 0.1) is 0 Å². The fourth-order valence-corrected chi connectivity index (χ4v) is 2.62. The van der Waals surface area contributed by atoms with Crippen LogP contribution in [0.5, 0.6) is 5.75 Å². The third kappa shape index (κ3) is 5.97. The number of benzene rings is 2. The number of ether oxygens (including phenoxy) is 1. The van der Waals surface area contributed by atoms with Gasteiger partial charge in [0.15, 0.2) is 0 Å². The summed E-state index contributed by atoms with van der Waals surface area (Å²) in [5, 5.41) is 0. The van der Waals surface area contributed by atoms with Crippen LogP contribution in [0.2, 0.25) is 0 Å². The van der Waals surface area contributed by atoms with Crippen LogP contribution in [-0.2, 0) is 6.54 Å². The maximum atomic E-state index is 12.3. The summed E-state index contributed by atoms with van der Waals surface area (Å²) in [5.74, 6) is -2.75.